The fraction of sp³-hybridized carbons (Fsp3) is 0.625. The molecule has 18 heavy (non-hydrogen) atoms. The monoisotopic (exact) mass is 250 g/mol. The third-order valence-corrected chi connectivity index (χ3v) is 3.32. The number of hydrogen-bond acceptors (Lipinski definition) is 2. The summed E-state index contributed by atoms with van der Waals surface area (Å²) < 4.78 is 5.64. The summed E-state index contributed by atoms with van der Waals surface area (Å²) in [6.07, 6.45) is 2.18. The molecule has 2 unspecified atom stereocenters. The van der Waals surface area contributed by atoms with Crippen molar-refractivity contribution in [2.45, 2.75) is 59.2 Å². The molecule has 0 amide bonds. The summed E-state index contributed by atoms with van der Waals surface area (Å²) in [6.45, 7) is 8.94. The molecule has 0 aliphatic heterocycles. The zero-order chi connectivity index (χ0) is 13.5. The van der Waals surface area contributed by atoms with Gasteiger partial charge in [0.1, 0.15) is 0 Å². The molecular formula is C16H26O2. The van der Waals surface area contributed by atoms with Gasteiger partial charge in [0.2, 0.25) is 0 Å². The maximum atomic E-state index is 10.3. The van der Waals surface area contributed by atoms with Crippen LogP contribution < -0.4 is 0 Å². The van der Waals surface area contributed by atoms with Gasteiger partial charge in [0.05, 0.1) is 12.2 Å². The van der Waals surface area contributed by atoms with Gasteiger partial charge in [-0.3, -0.25) is 0 Å². The summed E-state index contributed by atoms with van der Waals surface area (Å²) in [5.41, 5.74) is 3.71. The average molecular weight is 250 g/mol. The summed E-state index contributed by atoms with van der Waals surface area (Å²) in [5, 5.41) is 10.3. The first-order valence-corrected chi connectivity index (χ1v) is 6.94. The molecule has 1 rings (SSSR count). The molecule has 1 aromatic carbocycles. The van der Waals surface area contributed by atoms with E-state index in [1.807, 2.05) is 6.92 Å². The van der Waals surface area contributed by atoms with Gasteiger partial charge in [-0.1, -0.05) is 37.1 Å². The maximum absolute atomic E-state index is 10.3. The van der Waals surface area contributed by atoms with Gasteiger partial charge in [-0.05, 0) is 38.3 Å². The lowest BCUT2D eigenvalue weighted by atomic mass is 9.96. The van der Waals surface area contributed by atoms with Crippen molar-refractivity contribution in [2.75, 3.05) is 6.61 Å². The highest BCUT2D eigenvalue weighted by Crippen LogP contribution is 2.17. The number of benzene rings is 1. The predicted octanol–water partition coefficient (Wildman–Crippen LogP) is 3.41. The average Bonchev–Trinajstić information content (AvgIpc) is 2.33. The Balaban J connectivity index is 2.71. The molecule has 0 bridgehead atoms. The molecule has 2 heteroatoms. The third-order valence-electron chi connectivity index (χ3n) is 3.32. The van der Waals surface area contributed by atoms with Crippen LogP contribution in [0.4, 0.5) is 0 Å². The molecule has 0 saturated heterocycles. The molecule has 1 N–H and O–H groups in total. The van der Waals surface area contributed by atoms with E-state index in [1.165, 1.54) is 16.7 Å². The van der Waals surface area contributed by atoms with E-state index in [0.29, 0.717) is 13.0 Å². The normalized spacial score (nSPS) is 14.5. The number of hydrogen-bond donors (Lipinski definition) is 1. The van der Waals surface area contributed by atoms with Crippen molar-refractivity contribution >= 4 is 0 Å². The standard InChI is InChI=1S/C16H26O2/c1-5-7-16(18-6-2)15(17)11-14-10-12(3)8-9-13(14)4/h8-10,15-17H,5-7,11H2,1-4H3. The van der Waals surface area contributed by atoms with E-state index in [1.54, 1.807) is 0 Å². The van der Waals surface area contributed by atoms with Crippen LogP contribution in [0.5, 0.6) is 0 Å². The lowest BCUT2D eigenvalue weighted by Gasteiger charge is -2.23. The second-order valence-electron chi connectivity index (χ2n) is 4.98. The fourth-order valence-corrected chi connectivity index (χ4v) is 2.26. The number of aryl methyl sites for hydroxylation is 2. The van der Waals surface area contributed by atoms with E-state index >= 15 is 0 Å². The fourth-order valence-electron chi connectivity index (χ4n) is 2.26. The van der Waals surface area contributed by atoms with Crippen LogP contribution in [0.2, 0.25) is 0 Å². The number of aliphatic hydroxyl groups is 1. The summed E-state index contributed by atoms with van der Waals surface area (Å²) in [5.74, 6) is 0. The van der Waals surface area contributed by atoms with Crippen LogP contribution in [0.1, 0.15) is 43.4 Å². The Bertz CT molecular complexity index is 354. The van der Waals surface area contributed by atoms with Gasteiger partial charge in [-0.15, -0.1) is 0 Å². The summed E-state index contributed by atoms with van der Waals surface area (Å²) >= 11 is 0. The molecule has 0 radical (unpaired) electrons. The molecule has 0 spiro atoms. The smallest absolute Gasteiger partial charge is 0.0842 e. The summed E-state index contributed by atoms with van der Waals surface area (Å²) in [4.78, 5) is 0. The molecule has 0 aromatic heterocycles. The van der Waals surface area contributed by atoms with Crippen LogP contribution in [0.15, 0.2) is 18.2 Å². The lowest BCUT2D eigenvalue weighted by Crippen LogP contribution is -2.31. The van der Waals surface area contributed by atoms with Crippen molar-refractivity contribution in [1.82, 2.24) is 0 Å². The largest absolute Gasteiger partial charge is 0.390 e. The van der Waals surface area contributed by atoms with E-state index in [0.717, 1.165) is 12.8 Å². The summed E-state index contributed by atoms with van der Waals surface area (Å²) in [7, 11) is 0. The summed E-state index contributed by atoms with van der Waals surface area (Å²) in [6, 6.07) is 6.39. The second-order valence-corrected chi connectivity index (χ2v) is 4.98. The highest BCUT2D eigenvalue weighted by atomic mass is 16.5. The van der Waals surface area contributed by atoms with Crippen LogP contribution >= 0.6 is 0 Å². The van der Waals surface area contributed by atoms with Crippen LogP contribution in [0.25, 0.3) is 0 Å². The molecule has 0 aliphatic carbocycles. The van der Waals surface area contributed by atoms with Gasteiger partial charge in [0, 0.05) is 13.0 Å². The first kappa shape index (κ1) is 15.2. The van der Waals surface area contributed by atoms with Gasteiger partial charge in [0.15, 0.2) is 0 Å². The minimum Gasteiger partial charge on any atom is -0.390 e. The first-order chi connectivity index (χ1) is 8.58. The van der Waals surface area contributed by atoms with Gasteiger partial charge < -0.3 is 9.84 Å². The molecular weight excluding hydrogens is 224 g/mol. The van der Waals surface area contributed by atoms with Gasteiger partial charge in [-0.2, -0.15) is 0 Å². The zero-order valence-corrected chi connectivity index (χ0v) is 12.1. The minimum atomic E-state index is -0.412. The van der Waals surface area contributed by atoms with E-state index in [-0.39, 0.29) is 6.10 Å². The molecule has 0 aliphatic rings. The SMILES string of the molecule is CCCC(OCC)C(O)Cc1cc(C)ccc1C. The van der Waals surface area contributed by atoms with Crippen molar-refractivity contribution in [2.24, 2.45) is 0 Å². The highest BCUT2D eigenvalue weighted by molar-refractivity contribution is 5.31. The highest BCUT2D eigenvalue weighted by Gasteiger charge is 2.19. The minimum absolute atomic E-state index is 0.0417. The van der Waals surface area contributed by atoms with Gasteiger partial charge in [0.25, 0.3) is 0 Å². The van der Waals surface area contributed by atoms with Gasteiger partial charge >= 0.3 is 0 Å². The Labute approximate surface area is 111 Å². The zero-order valence-electron chi connectivity index (χ0n) is 12.1. The van der Waals surface area contributed by atoms with E-state index in [2.05, 4.69) is 39.0 Å². The van der Waals surface area contributed by atoms with Crippen molar-refractivity contribution in [1.29, 1.82) is 0 Å². The molecule has 0 heterocycles. The second kappa shape index (κ2) is 7.55. The van der Waals surface area contributed by atoms with E-state index in [4.69, 9.17) is 4.74 Å². The Morgan fingerprint density at radius 1 is 1.22 bits per heavy atom. The molecule has 102 valence electrons. The number of ether oxygens (including phenoxy) is 1. The first-order valence-electron chi connectivity index (χ1n) is 6.94. The quantitative estimate of drug-likeness (QED) is 0.803. The predicted molar refractivity (Wildman–Crippen MR) is 75.9 cm³/mol. The van der Waals surface area contributed by atoms with Crippen molar-refractivity contribution in [3.63, 3.8) is 0 Å². The molecule has 2 nitrogen and oxygen atoms in total. The lowest BCUT2D eigenvalue weighted by molar-refractivity contribution is -0.0364. The van der Waals surface area contributed by atoms with E-state index < -0.39 is 6.10 Å². The van der Waals surface area contributed by atoms with E-state index in [9.17, 15) is 5.11 Å². The molecule has 0 fully saturated rings. The molecule has 1 aromatic rings. The Morgan fingerprint density at radius 3 is 2.56 bits per heavy atom. The van der Waals surface area contributed by atoms with Crippen LogP contribution in [-0.2, 0) is 11.2 Å². The van der Waals surface area contributed by atoms with Crippen LogP contribution in [-0.4, -0.2) is 23.9 Å². The number of rotatable bonds is 7. The van der Waals surface area contributed by atoms with Crippen LogP contribution in [0, 0.1) is 13.8 Å². The third kappa shape index (κ3) is 4.43. The Kier molecular flexibility index (Phi) is 6.37. The Morgan fingerprint density at radius 2 is 1.94 bits per heavy atom. The molecule has 2 atom stereocenters. The van der Waals surface area contributed by atoms with Crippen molar-refractivity contribution in [3.05, 3.63) is 34.9 Å². The maximum Gasteiger partial charge on any atom is 0.0842 e. The Hall–Kier alpha value is -0.860. The number of aliphatic hydroxyl groups excluding tert-OH is 1. The topological polar surface area (TPSA) is 29.5 Å². The van der Waals surface area contributed by atoms with Crippen molar-refractivity contribution < 1.29 is 9.84 Å². The van der Waals surface area contributed by atoms with Crippen molar-refractivity contribution in [3.8, 4) is 0 Å². The van der Waals surface area contributed by atoms with Crippen LogP contribution in [0.3, 0.4) is 0 Å². The van der Waals surface area contributed by atoms with Gasteiger partial charge in [-0.25, -0.2) is 0 Å². The molecule has 0 saturated carbocycles.